The zero-order chi connectivity index (χ0) is 48.8. The number of aliphatic hydroxyl groups is 2. The predicted octanol–water partition coefficient (Wildman–Crippen LogP) is 18.6. The van der Waals surface area contributed by atoms with Gasteiger partial charge in [-0.2, -0.15) is 0 Å². The standard InChI is InChI=1S/C61H117NO5/c1-4-7-10-13-16-19-22-25-28-30-32-35-38-41-44-47-50-53-59(64)58(56-63)62-60(65)55-57(52-49-46-43-40-37-34-27-24-21-18-15-12-9-6-3)67-61(66)54-51-48-45-42-39-36-33-31-29-26-23-20-17-14-11-8-5-2/h26,29,34,37,57-59,63-64H,4-25,27-28,30-33,35-36,38-56H2,1-3H3,(H,62,65)/b29-26+,37-34+. The Hall–Kier alpha value is -1.66. The average Bonchev–Trinajstić information content (AvgIpc) is 3.32. The Morgan fingerprint density at radius 2 is 0.716 bits per heavy atom. The second-order valence-corrected chi connectivity index (χ2v) is 20.7. The highest BCUT2D eigenvalue weighted by Gasteiger charge is 2.24. The van der Waals surface area contributed by atoms with Crippen LogP contribution >= 0.6 is 0 Å². The Morgan fingerprint density at radius 1 is 0.418 bits per heavy atom. The van der Waals surface area contributed by atoms with Gasteiger partial charge in [0.05, 0.1) is 25.2 Å². The maximum absolute atomic E-state index is 13.3. The van der Waals surface area contributed by atoms with Gasteiger partial charge in [-0.05, 0) is 77.0 Å². The number of carbonyl (C=O) groups is 2. The van der Waals surface area contributed by atoms with E-state index in [2.05, 4.69) is 50.4 Å². The van der Waals surface area contributed by atoms with Gasteiger partial charge in [-0.1, -0.05) is 263 Å². The largest absolute Gasteiger partial charge is 0.462 e. The second kappa shape index (κ2) is 55.3. The summed E-state index contributed by atoms with van der Waals surface area (Å²) >= 11 is 0. The van der Waals surface area contributed by atoms with E-state index in [-0.39, 0.29) is 24.9 Å². The first-order valence-corrected chi connectivity index (χ1v) is 30.1. The molecule has 0 spiro atoms. The van der Waals surface area contributed by atoms with Crippen molar-refractivity contribution in [3.8, 4) is 0 Å². The molecule has 0 heterocycles. The number of amides is 1. The Balaban J connectivity index is 4.50. The first kappa shape index (κ1) is 65.3. The first-order valence-electron chi connectivity index (χ1n) is 30.1. The Morgan fingerprint density at radius 3 is 1.07 bits per heavy atom. The van der Waals surface area contributed by atoms with Crippen molar-refractivity contribution in [2.75, 3.05) is 6.61 Å². The van der Waals surface area contributed by atoms with Gasteiger partial charge in [-0.15, -0.1) is 0 Å². The lowest BCUT2D eigenvalue weighted by atomic mass is 10.0. The molecule has 0 saturated carbocycles. The Bertz CT molecular complexity index is 1060. The molecule has 0 aliphatic carbocycles. The summed E-state index contributed by atoms with van der Waals surface area (Å²) in [5.41, 5.74) is 0. The van der Waals surface area contributed by atoms with Crippen molar-refractivity contribution >= 4 is 11.9 Å². The van der Waals surface area contributed by atoms with Crippen molar-refractivity contribution in [2.45, 2.75) is 347 Å². The molecule has 396 valence electrons. The number of hydrogen-bond acceptors (Lipinski definition) is 5. The molecule has 3 unspecified atom stereocenters. The molecule has 0 aromatic rings. The summed E-state index contributed by atoms with van der Waals surface area (Å²) < 4.78 is 5.96. The maximum atomic E-state index is 13.3. The monoisotopic (exact) mass is 944 g/mol. The van der Waals surface area contributed by atoms with E-state index >= 15 is 0 Å². The second-order valence-electron chi connectivity index (χ2n) is 20.7. The van der Waals surface area contributed by atoms with Crippen LogP contribution in [0.5, 0.6) is 0 Å². The zero-order valence-corrected chi connectivity index (χ0v) is 45.3. The molecule has 0 saturated heterocycles. The van der Waals surface area contributed by atoms with E-state index in [0.29, 0.717) is 19.3 Å². The third kappa shape index (κ3) is 50.5. The van der Waals surface area contributed by atoms with E-state index in [1.165, 1.54) is 225 Å². The number of aliphatic hydroxyl groups excluding tert-OH is 2. The highest BCUT2D eigenvalue weighted by molar-refractivity contribution is 5.77. The van der Waals surface area contributed by atoms with Crippen molar-refractivity contribution in [1.29, 1.82) is 0 Å². The number of allylic oxidation sites excluding steroid dienone is 4. The fraction of sp³-hybridized carbons (Fsp3) is 0.902. The molecule has 0 radical (unpaired) electrons. The van der Waals surface area contributed by atoms with Crippen LogP contribution in [0.4, 0.5) is 0 Å². The third-order valence-electron chi connectivity index (χ3n) is 14.0. The van der Waals surface area contributed by atoms with Gasteiger partial charge >= 0.3 is 5.97 Å². The van der Waals surface area contributed by atoms with Gasteiger partial charge < -0.3 is 20.3 Å². The molecule has 3 atom stereocenters. The molecule has 0 aromatic carbocycles. The topological polar surface area (TPSA) is 95.9 Å². The quantitative estimate of drug-likeness (QED) is 0.0321. The molecular weight excluding hydrogens is 827 g/mol. The van der Waals surface area contributed by atoms with Crippen LogP contribution in [0.25, 0.3) is 0 Å². The summed E-state index contributed by atoms with van der Waals surface area (Å²) in [5.74, 6) is -0.476. The van der Waals surface area contributed by atoms with E-state index < -0.39 is 18.2 Å². The molecule has 1 amide bonds. The summed E-state index contributed by atoms with van der Waals surface area (Å²) in [6.45, 7) is 6.52. The molecule has 0 bridgehead atoms. The Kier molecular flexibility index (Phi) is 53.9. The van der Waals surface area contributed by atoms with Gasteiger partial charge in [0, 0.05) is 6.42 Å². The number of hydrogen-bond donors (Lipinski definition) is 3. The van der Waals surface area contributed by atoms with Gasteiger partial charge in [0.2, 0.25) is 5.91 Å². The van der Waals surface area contributed by atoms with Crippen LogP contribution in [0, 0.1) is 0 Å². The minimum atomic E-state index is -0.790. The summed E-state index contributed by atoms with van der Waals surface area (Å²) in [4.78, 5) is 26.3. The molecule has 0 aromatic heterocycles. The van der Waals surface area contributed by atoms with E-state index in [4.69, 9.17) is 4.74 Å². The van der Waals surface area contributed by atoms with Crippen LogP contribution in [-0.4, -0.2) is 46.9 Å². The van der Waals surface area contributed by atoms with E-state index in [0.717, 1.165) is 57.8 Å². The fourth-order valence-corrected chi connectivity index (χ4v) is 9.42. The van der Waals surface area contributed by atoms with Crippen molar-refractivity contribution in [1.82, 2.24) is 5.32 Å². The molecule has 67 heavy (non-hydrogen) atoms. The predicted molar refractivity (Wildman–Crippen MR) is 292 cm³/mol. The summed E-state index contributed by atoms with van der Waals surface area (Å²) in [5, 5.41) is 23.9. The van der Waals surface area contributed by atoms with Crippen molar-refractivity contribution in [2.24, 2.45) is 0 Å². The molecule has 6 heteroatoms. The van der Waals surface area contributed by atoms with Gasteiger partial charge in [0.25, 0.3) is 0 Å². The number of carbonyl (C=O) groups excluding carboxylic acids is 2. The van der Waals surface area contributed by atoms with Gasteiger partial charge in [-0.25, -0.2) is 0 Å². The highest BCUT2D eigenvalue weighted by Crippen LogP contribution is 2.19. The highest BCUT2D eigenvalue weighted by atomic mass is 16.5. The lowest BCUT2D eigenvalue weighted by molar-refractivity contribution is -0.151. The number of esters is 1. The summed E-state index contributed by atoms with van der Waals surface area (Å²) in [6, 6.07) is -0.705. The molecular formula is C61H117NO5. The van der Waals surface area contributed by atoms with E-state index in [1.54, 1.807) is 0 Å². The van der Waals surface area contributed by atoms with Crippen LogP contribution in [0.3, 0.4) is 0 Å². The third-order valence-corrected chi connectivity index (χ3v) is 14.0. The molecule has 6 nitrogen and oxygen atoms in total. The minimum Gasteiger partial charge on any atom is -0.462 e. The van der Waals surface area contributed by atoms with E-state index in [1.807, 2.05) is 0 Å². The Labute approximate surface area is 418 Å². The summed E-state index contributed by atoms with van der Waals surface area (Å²) in [6.07, 6.45) is 65.3. The number of rotatable bonds is 55. The molecule has 0 fully saturated rings. The van der Waals surface area contributed by atoms with Crippen LogP contribution in [0.15, 0.2) is 24.3 Å². The minimum absolute atomic E-state index is 0.0701. The van der Waals surface area contributed by atoms with Crippen LogP contribution in [0.2, 0.25) is 0 Å². The van der Waals surface area contributed by atoms with Crippen LogP contribution in [0.1, 0.15) is 329 Å². The van der Waals surface area contributed by atoms with Crippen LogP contribution < -0.4 is 5.32 Å². The van der Waals surface area contributed by atoms with Gasteiger partial charge in [0.15, 0.2) is 0 Å². The number of nitrogens with one attached hydrogen (secondary N) is 1. The zero-order valence-electron chi connectivity index (χ0n) is 45.3. The summed E-state index contributed by atoms with van der Waals surface area (Å²) in [7, 11) is 0. The molecule has 3 N–H and O–H groups in total. The lowest BCUT2D eigenvalue weighted by Gasteiger charge is -2.24. The average molecular weight is 945 g/mol. The lowest BCUT2D eigenvalue weighted by Crippen LogP contribution is -2.46. The normalized spacial score (nSPS) is 13.2. The maximum Gasteiger partial charge on any atom is 0.306 e. The van der Waals surface area contributed by atoms with Crippen molar-refractivity contribution < 1.29 is 24.5 Å². The molecule has 0 rings (SSSR count). The molecule has 0 aliphatic heterocycles. The first-order chi connectivity index (χ1) is 33.0. The van der Waals surface area contributed by atoms with Gasteiger partial charge in [-0.3, -0.25) is 9.59 Å². The number of unbranched alkanes of at least 4 members (excludes halogenated alkanes) is 39. The van der Waals surface area contributed by atoms with Crippen LogP contribution in [-0.2, 0) is 14.3 Å². The van der Waals surface area contributed by atoms with E-state index in [9.17, 15) is 19.8 Å². The number of ether oxygens (including phenoxy) is 1. The smallest absolute Gasteiger partial charge is 0.306 e. The molecule has 0 aliphatic rings. The fourth-order valence-electron chi connectivity index (χ4n) is 9.42. The van der Waals surface area contributed by atoms with Crippen molar-refractivity contribution in [3.05, 3.63) is 24.3 Å². The van der Waals surface area contributed by atoms with Gasteiger partial charge in [0.1, 0.15) is 6.10 Å². The SMILES string of the molecule is CCCCCCCC/C=C/CCCCCCCCCC(=O)OC(CCCCC/C=C/CCCCCCCCC)CC(=O)NC(CO)C(O)CCCCCCCCCCCCCCCCCCC. The van der Waals surface area contributed by atoms with Crippen molar-refractivity contribution in [3.63, 3.8) is 0 Å².